The Bertz CT molecular complexity index is 554. The highest BCUT2D eigenvalue weighted by Crippen LogP contribution is 2.16. The number of carbonyl (C=O) groups is 3. The number of likely N-dealkylation sites (tertiary alicyclic amines) is 1. The first kappa shape index (κ1) is 14.9. The van der Waals surface area contributed by atoms with Crippen LogP contribution in [0.1, 0.15) is 29.2 Å². The van der Waals surface area contributed by atoms with Crippen LogP contribution in [0.2, 0.25) is 0 Å². The van der Waals surface area contributed by atoms with Crippen molar-refractivity contribution in [3.63, 3.8) is 0 Å². The fourth-order valence-corrected chi connectivity index (χ4v) is 2.26. The SMILES string of the molecule is NC(=O)C1CCCN(C(=O)NCc2ccc(C(=O)O)o2)C1. The lowest BCUT2D eigenvalue weighted by molar-refractivity contribution is -0.123. The number of piperidine rings is 1. The van der Waals surface area contributed by atoms with Crippen LogP contribution in [-0.2, 0) is 11.3 Å². The van der Waals surface area contributed by atoms with Crippen LogP contribution in [-0.4, -0.2) is 41.0 Å². The molecule has 8 nitrogen and oxygen atoms in total. The molecule has 0 radical (unpaired) electrons. The summed E-state index contributed by atoms with van der Waals surface area (Å²) in [6, 6.07) is 2.49. The number of carboxylic acids is 1. The fourth-order valence-electron chi connectivity index (χ4n) is 2.26. The van der Waals surface area contributed by atoms with E-state index in [0.29, 0.717) is 25.3 Å². The van der Waals surface area contributed by atoms with E-state index in [9.17, 15) is 14.4 Å². The van der Waals surface area contributed by atoms with Crippen LogP contribution in [0.3, 0.4) is 0 Å². The minimum Gasteiger partial charge on any atom is -0.475 e. The van der Waals surface area contributed by atoms with Gasteiger partial charge in [-0.25, -0.2) is 9.59 Å². The number of urea groups is 1. The summed E-state index contributed by atoms with van der Waals surface area (Å²) in [6.45, 7) is 0.956. The van der Waals surface area contributed by atoms with E-state index < -0.39 is 11.9 Å². The number of nitrogens with one attached hydrogen (secondary N) is 1. The zero-order chi connectivity index (χ0) is 15.4. The number of hydrogen-bond acceptors (Lipinski definition) is 4. The van der Waals surface area contributed by atoms with Crippen LogP contribution < -0.4 is 11.1 Å². The van der Waals surface area contributed by atoms with E-state index in [2.05, 4.69) is 5.32 Å². The Balaban J connectivity index is 1.86. The quantitative estimate of drug-likeness (QED) is 0.740. The highest BCUT2D eigenvalue weighted by Gasteiger charge is 2.26. The van der Waals surface area contributed by atoms with Crippen LogP contribution in [0, 0.1) is 5.92 Å². The lowest BCUT2D eigenvalue weighted by atomic mass is 9.98. The van der Waals surface area contributed by atoms with Crippen molar-refractivity contribution in [2.75, 3.05) is 13.1 Å². The predicted molar refractivity (Wildman–Crippen MR) is 71.4 cm³/mol. The average Bonchev–Trinajstić information content (AvgIpc) is 2.94. The summed E-state index contributed by atoms with van der Waals surface area (Å²) in [6.07, 6.45) is 1.42. The number of nitrogens with zero attached hydrogens (tertiary/aromatic N) is 1. The maximum absolute atomic E-state index is 12.0. The number of amides is 3. The first-order valence-corrected chi connectivity index (χ1v) is 6.61. The third-order valence-corrected chi connectivity index (χ3v) is 3.40. The average molecular weight is 295 g/mol. The van der Waals surface area contributed by atoms with Crippen LogP contribution >= 0.6 is 0 Å². The van der Waals surface area contributed by atoms with Crippen molar-refractivity contribution in [1.82, 2.24) is 10.2 Å². The summed E-state index contributed by atoms with van der Waals surface area (Å²) in [5.41, 5.74) is 5.26. The first-order valence-electron chi connectivity index (χ1n) is 6.61. The van der Waals surface area contributed by atoms with E-state index in [1.54, 1.807) is 0 Å². The molecule has 1 unspecified atom stereocenters. The number of rotatable bonds is 4. The zero-order valence-electron chi connectivity index (χ0n) is 11.4. The molecule has 114 valence electrons. The smallest absolute Gasteiger partial charge is 0.371 e. The van der Waals surface area contributed by atoms with E-state index in [0.717, 1.165) is 6.42 Å². The lowest BCUT2D eigenvalue weighted by Crippen LogP contribution is -2.47. The minimum atomic E-state index is -1.16. The molecule has 1 aliphatic heterocycles. The van der Waals surface area contributed by atoms with Gasteiger partial charge in [-0.05, 0) is 25.0 Å². The van der Waals surface area contributed by atoms with Gasteiger partial charge < -0.3 is 25.5 Å². The fraction of sp³-hybridized carbons (Fsp3) is 0.462. The van der Waals surface area contributed by atoms with Gasteiger partial charge in [0.2, 0.25) is 11.7 Å². The third kappa shape index (κ3) is 3.74. The van der Waals surface area contributed by atoms with Crippen LogP contribution in [0.25, 0.3) is 0 Å². The maximum Gasteiger partial charge on any atom is 0.371 e. The molecule has 0 bridgehead atoms. The van der Waals surface area contributed by atoms with Gasteiger partial charge in [-0.2, -0.15) is 0 Å². The number of hydrogen-bond donors (Lipinski definition) is 3. The molecule has 1 atom stereocenters. The molecule has 1 fully saturated rings. The van der Waals surface area contributed by atoms with Gasteiger partial charge in [-0.15, -0.1) is 0 Å². The Kier molecular flexibility index (Phi) is 4.46. The van der Waals surface area contributed by atoms with Crippen molar-refractivity contribution in [2.24, 2.45) is 11.7 Å². The molecule has 4 N–H and O–H groups in total. The minimum absolute atomic E-state index is 0.0872. The van der Waals surface area contributed by atoms with Gasteiger partial charge in [0.05, 0.1) is 12.5 Å². The highest BCUT2D eigenvalue weighted by molar-refractivity contribution is 5.84. The van der Waals surface area contributed by atoms with Crippen molar-refractivity contribution in [2.45, 2.75) is 19.4 Å². The maximum atomic E-state index is 12.0. The number of carbonyl (C=O) groups excluding carboxylic acids is 2. The lowest BCUT2D eigenvalue weighted by Gasteiger charge is -2.31. The van der Waals surface area contributed by atoms with Gasteiger partial charge in [0, 0.05) is 13.1 Å². The molecule has 3 amide bonds. The van der Waals surface area contributed by atoms with E-state index in [1.807, 2.05) is 0 Å². The van der Waals surface area contributed by atoms with Crippen molar-refractivity contribution in [3.05, 3.63) is 23.7 Å². The topological polar surface area (TPSA) is 126 Å². The zero-order valence-corrected chi connectivity index (χ0v) is 11.4. The van der Waals surface area contributed by atoms with E-state index >= 15 is 0 Å². The largest absolute Gasteiger partial charge is 0.475 e. The Morgan fingerprint density at radius 1 is 1.43 bits per heavy atom. The normalized spacial score (nSPS) is 18.3. The van der Waals surface area contributed by atoms with Crippen LogP contribution in [0.15, 0.2) is 16.5 Å². The highest BCUT2D eigenvalue weighted by atomic mass is 16.4. The van der Waals surface area contributed by atoms with Gasteiger partial charge >= 0.3 is 12.0 Å². The second kappa shape index (κ2) is 6.29. The summed E-state index contributed by atoms with van der Waals surface area (Å²) >= 11 is 0. The molecule has 21 heavy (non-hydrogen) atoms. The van der Waals surface area contributed by atoms with Crippen LogP contribution in [0.5, 0.6) is 0 Å². The molecule has 2 rings (SSSR count). The summed E-state index contributed by atoms with van der Waals surface area (Å²) < 4.78 is 5.04. The molecule has 8 heteroatoms. The molecule has 1 aromatic rings. The van der Waals surface area contributed by atoms with Gasteiger partial charge in [-0.3, -0.25) is 4.79 Å². The Morgan fingerprint density at radius 3 is 2.81 bits per heavy atom. The Morgan fingerprint density at radius 2 is 2.19 bits per heavy atom. The van der Waals surface area contributed by atoms with Gasteiger partial charge in [0.1, 0.15) is 5.76 Å². The molecule has 1 saturated heterocycles. The summed E-state index contributed by atoms with van der Waals surface area (Å²) in [5, 5.41) is 11.4. The van der Waals surface area contributed by atoms with E-state index in [1.165, 1.54) is 17.0 Å². The van der Waals surface area contributed by atoms with Gasteiger partial charge in [-0.1, -0.05) is 0 Å². The van der Waals surface area contributed by atoms with Crippen LogP contribution in [0.4, 0.5) is 4.79 Å². The molecule has 1 aromatic heterocycles. The number of nitrogens with two attached hydrogens (primary N) is 1. The van der Waals surface area contributed by atoms with E-state index in [-0.39, 0.29) is 24.3 Å². The number of primary amides is 1. The van der Waals surface area contributed by atoms with E-state index in [4.69, 9.17) is 15.3 Å². The predicted octanol–water partition coefficient (Wildman–Crippen LogP) is 0.385. The molecule has 0 aromatic carbocycles. The number of furan rings is 1. The monoisotopic (exact) mass is 295 g/mol. The summed E-state index contributed by atoms with van der Waals surface area (Å²) in [7, 11) is 0. The molecule has 1 aliphatic rings. The van der Waals surface area contributed by atoms with Crippen molar-refractivity contribution >= 4 is 17.9 Å². The summed E-state index contributed by atoms with van der Waals surface area (Å²) in [5.74, 6) is -1.69. The third-order valence-electron chi connectivity index (χ3n) is 3.40. The Hall–Kier alpha value is -2.51. The number of aromatic carboxylic acids is 1. The van der Waals surface area contributed by atoms with Gasteiger partial charge in [0.25, 0.3) is 0 Å². The van der Waals surface area contributed by atoms with Crippen molar-refractivity contribution in [1.29, 1.82) is 0 Å². The molecular formula is C13H17N3O5. The van der Waals surface area contributed by atoms with Crippen molar-refractivity contribution < 1.29 is 23.9 Å². The molecular weight excluding hydrogens is 278 g/mol. The first-order chi connectivity index (χ1) is 9.97. The second-order valence-electron chi connectivity index (χ2n) is 4.92. The van der Waals surface area contributed by atoms with Gasteiger partial charge in [0.15, 0.2) is 0 Å². The molecule has 0 spiro atoms. The molecule has 0 saturated carbocycles. The molecule has 2 heterocycles. The number of carboxylic acid groups (broad SMARTS) is 1. The van der Waals surface area contributed by atoms with Crippen molar-refractivity contribution in [3.8, 4) is 0 Å². The second-order valence-corrected chi connectivity index (χ2v) is 4.92. The standard InChI is InChI=1S/C13H17N3O5/c14-11(17)8-2-1-5-16(7-8)13(20)15-6-9-3-4-10(21-9)12(18)19/h3-4,8H,1-2,5-7H2,(H2,14,17)(H,15,20)(H,18,19). The Labute approximate surface area is 120 Å². The molecule has 0 aliphatic carbocycles. The summed E-state index contributed by atoms with van der Waals surface area (Å²) in [4.78, 5) is 35.3.